The summed E-state index contributed by atoms with van der Waals surface area (Å²) in [5, 5.41) is 2.15. The van der Waals surface area contributed by atoms with Gasteiger partial charge in [0.25, 0.3) is 5.56 Å². The van der Waals surface area contributed by atoms with Gasteiger partial charge in [-0.25, -0.2) is 19.2 Å². The van der Waals surface area contributed by atoms with Crippen molar-refractivity contribution in [2.75, 3.05) is 5.32 Å². The van der Waals surface area contributed by atoms with E-state index in [1.165, 1.54) is 24.4 Å². The molecule has 3 aromatic rings. The number of fused-ring (bicyclic) bond motifs is 1. The van der Waals surface area contributed by atoms with E-state index in [2.05, 4.69) is 20.3 Å². The maximum absolute atomic E-state index is 13.9. The summed E-state index contributed by atoms with van der Waals surface area (Å²) in [4.78, 5) is 32.4. The monoisotopic (exact) mass is 315 g/mol. The number of urea groups is 1. The second kappa shape index (κ2) is 5.72. The Morgan fingerprint density at radius 2 is 2.13 bits per heavy atom. The number of primary amides is 1. The van der Waals surface area contributed by atoms with E-state index >= 15 is 0 Å². The quantitative estimate of drug-likeness (QED) is 0.679. The van der Waals surface area contributed by atoms with Crippen LogP contribution in [0.15, 0.2) is 41.5 Å². The number of aromatic nitrogens is 3. The molecule has 2 aromatic heterocycles. The van der Waals surface area contributed by atoms with Gasteiger partial charge < -0.3 is 20.8 Å². The molecule has 4 N–H and O–H groups in total. The largest absolute Gasteiger partial charge is 0.455 e. The van der Waals surface area contributed by atoms with E-state index in [9.17, 15) is 14.0 Å². The SMILES string of the molecule is NC(=O)Nc1ccc(Oc2ccnc3[nH]c(=O)cnc23)cc1F. The maximum atomic E-state index is 13.9. The fourth-order valence-electron chi connectivity index (χ4n) is 1.93. The molecule has 0 radical (unpaired) electrons. The highest BCUT2D eigenvalue weighted by Gasteiger charge is 2.10. The van der Waals surface area contributed by atoms with E-state index in [4.69, 9.17) is 10.5 Å². The van der Waals surface area contributed by atoms with Crippen molar-refractivity contribution in [3.05, 3.63) is 52.8 Å². The Labute approximate surface area is 128 Å². The first-order valence-corrected chi connectivity index (χ1v) is 6.41. The molecule has 2 heterocycles. The van der Waals surface area contributed by atoms with Crippen LogP contribution in [0.5, 0.6) is 11.5 Å². The molecule has 0 aliphatic heterocycles. The van der Waals surface area contributed by atoms with Crippen molar-refractivity contribution in [3.8, 4) is 11.5 Å². The Hall–Kier alpha value is -3.49. The minimum Gasteiger partial charge on any atom is -0.455 e. The maximum Gasteiger partial charge on any atom is 0.316 e. The summed E-state index contributed by atoms with van der Waals surface area (Å²) in [6.45, 7) is 0. The molecule has 1 aromatic carbocycles. The van der Waals surface area contributed by atoms with Crippen LogP contribution in [0.1, 0.15) is 0 Å². The molecule has 0 aliphatic carbocycles. The highest BCUT2D eigenvalue weighted by molar-refractivity contribution is 5.88. The number of carbonyl (C=O) groups excluding carboxylic acids is 1. The van der Waals surface area contributed by atoms with Crippen molar-refractivity contribution in [1.29, 1.82) is 0 Å². The van der Waals surface area contributed by atoms with E-state index in [0.717, 1.165) is 12.3 Å². The normalized spacial score (nSPS) is 10.5. The molecule has 2 amide bonds. The van der Waals surface area contributed by atoms with Gasteiger partial charge in [0.15, 0.2) is 11.4 Å². The molecule has 0 fully saturated rings. The molecule has 3 rings (SSSR count). The number of halogens is 1. The van der Waals surface area contributed by atoms with Crippen LogP contribution in [0.2, 0.25) is 0 Å². The fraction of sp³-hybridized carbons (Fsp3) is 0. The number of carbonyl (C=O) groups is 1. The number of benzene rings is 1. The number of H-pyrrole nitrogens is 1. The molecule has 0 unspecified atom stereocenters. The predicted molar refractivity (Wildman–Crippen MR) is 79.8 cm³/mol. The van der Waals surface area contributed by atoms with Gasteiger partial charge in [-0.2, -0.15) is 0 Å². The molecule has 0 saturated heterocycles. The van der Waals surface area contributed by atoms with Crippen LogP contribution in [-0.2, 0) is 0 Å². The highest BCUT2D eigenvalue weighted by Crippen LogP contribution is 2.28. The van der Waals surface area contributed by atoms with Crippen LogP contribution < -0.4 is 21.3 Å². The van der Waals surface area contributed by atoms with Crippen molar-refractivity contribution in [2.45, 2.75) is 0 Å². The van der Waals surface area contributed by atoms with Crippen LogP contribution >= 0.6 is 0 Å². The second-order valence-corrected chi connectivity index (χ2v) is 4.49. The third kappa shape index (κ3) is 3.07. The number of hydrogen-bond acceptors (Lipinski definition) is 5. The third-order valence-electron chi connectivity index (χ3n) is 2.87. The summed E-state index contributed by atoms with van der Waals surface area (Å²) in [5.74, 6) is -0.236. The standard InChI is InChI=1S/C14H10FN5O3/c15-8-5-7(1-2-9(8)19-14(16)22)23-10-3-4-17-13-12(10)18-6-11(21)20-13/h1-6H,(H3,16,19,22)(H,17,20,21). The number of anilines is 1. The van der Waals surface area contributed by atoms with Crippen molar-refractivity contribution < 1.29 is 13.9 Å². The molecule has 0 atom stereocenters. The molecule has 8 nitrogen and oxygen atoms in total. The van der Waals surface area contributed by atoms with E-state index < -0.39 is 17.4 Å². The lowest BCUT2D eigenvalue weighted by atomic mass is 10.3. The Morgan fingerprint density at radius 1 is 1.30 bits per heavy atom. The minimum absolute atomic E-state index is 0.0631. The average Bonchev–Trinajstić information content (AvgIpc) is 2.49. The van der Waals surface area contributed by atoms with Crippen LogP contribution in [-0.4, -0.2) is 21.0 Å². The van der Waals surface area contributed by atoms with Crippen LogP contribution in [0.4, 0.5) is 14.9 Å². The zero-order chi connectivity index (χ0) is 16.4. The van der Waals surface area contributed by atoms with Crippen molar-refractivity contribution in [3.63, 3.8) is 0 Å². The molecule has 0 saturated carbocycles. The molecule has 0 bridgehead atoms. The summed E-state index contributed by atoms with van der Waals surface area (Å²) >= 11 is 0. The minimum atomic E-state index is -0.870. The number of nitrogens with one attached hydrogen (secondary N) is 2. The summed E-state index contributed by atoms with van der Waals surface area (Å²) in [5.41, 5.74) is 5.06. The molecule has 9 heteroatoms. The molecular weight excluding hydrogens is 305 g/mol. The summed E-state index contributed by atoms with van der Waals surface area (Å²) in [7, 11) is 0. The molecule has 0 aliphatic rings. The van der Waals surface area contributed by atoms with Gasteiger partial charge >= 0.3 is 6.03 Å². The van der Waals surface area contributed by atoms with Gasteiger partial charge in [0.05, 0.1) is 11.9 Å². The van der Waals surface area contributed by atoms with E-state index in [0.29, 0.717) is 11.3 Å². The third-order valence-corrected chi connectivity index (χ3v) is 2.87. The number of nitrogens with two attached hydrogens (primary N) is 1. The van der Waals surface area contributed by atoms with Gasteiger partial charge in [-0.1, -0.05) is 0 Å². The molecule has 0 spiro atoms. The van der Waals surface area contributed by atoms with Crippen molar-refractivity contribution >= 4 is 22.9 Å². The topological polar surface area (TPSA) is 123 Å². The van der Waals surface area contributed by atoms with Crippen molar-refractivity contribution in [2.24, 2.45) is 5.73 Å². The van der Waals surface area contributed by atoms with Gasteiger partial charge in [0.1, 0.15) is 17.1 Å². The number of rotatable bonds is 3. The number of ether oxygens (including phenoxy) is 1. The van der Waals surface area contributed by atoms with Gasteiger partial charge in [-0.15, -0.1) is 0 Å². The molecule has 116 valence electrons. The highest BCUT2D eigenvalue weighted by atomic mass is 19.1. The van der Waals surface area contributed by atoms with Crippen LogP contribution in [0.25, 0.3) is 11.2 Å². The predicted octanol–water partition coefficient (Wildman–Crippen LogP) is 1.74. The average molecular weight is 315 g/mol. The zero-order valence-corrected chi connectivity index (χ0v) is 11.5. The van der Waals surface area contributed by atoms with Gasteiger partial charge in [-0.3, -0.25) is 4.79 Å². The first-order chi connectivity index (χ1) is 11.0. The number of amides is 2. The second-order valence-electron chi connectivity index (χ2n) is 4.49. The number of hydrogen-bond donors (Lipinski definition) is 3. The fourth-order valence-corrected chi connectivity index (χ4v) is 1.93. The zero-order valence-electron chi connectivity index (χ0n) is 11.5. The summed E-state index contributed by atoms with van der Waals surface area (Å²) in [6.07, 6.45) is 2.52. The van der Waals surface area contributed by atoms with Crippen LogP contribution in [0.3, 0.4) is 0 Å². The van der Waals surface area contributed by atoms with Crippen molar-refractivity contribution in [1.82, 2.24) is 15.0 Å². The first-order valence-electron chi connectivity index (χ1n) is 6.41. The lowest BCUT2D eigenvalue weighted by Gasteiger charge is -2.09. The lowest BCUT2D eigenvalue weighted by Crippen LogP contribution is -2.19. The van der Waals surface area contributed by atoms with Gasteiger partial charge in [-0.05, 0) is 12.1 Å². The van der Waals surface area contributed by atoms with E-state index in [1.54, 1.807) is 0 Å². The number of aromatic amines is 1. The molecule has 23 heavy (non-hydrogen) atoms. The summed E-state index contributed by atoms with van der Waals surface area (Å²) < 4.78 is 19.4. The van der Waals surface area contributed by atoms with E-state index in [1.807, 2.05) is 0 Å². The molecular formula is C14H10FN5O3. The van der Waals surface area contributed by atoms with Gasteiger partial charge in [0.2, 0.25) is 0 Å². The smallest absolute Gasteiger partial charge is 0.316 e. The van der Waals surface area contributed by atoms with Gasteiger partial charge in [0, 0.05) is 18.3 Å². The lowest BCUT2D eigenvalue weighted by molar-refractivity contribution is 0.259. The Bertz CT molecular complexity index is 957. The van der Waals surface area contributed by atoms with Crippen LogP contribution in [0, 0.1) is 5.82 Å². The summed E-state index contributed by atoms with van der Waals surface area (Å²) in [6, 6.07) is 4.51. The Morgan fingerprint density at radius 3 is 2.87 bits per heavy atom. The Kier molecular flexibility index (Phi) is 3.59. The van der Waals surface area contributed by atoms with E-state index in [-0.39, 0.29) is 17.1 Å². The number of nitrogens with zero attached hydrogens (tertiary/aromatic N) is 2. The Balaban J connectivity index is 1.95. The number of pyridine rings is 1. The first kappa shape index (κ1) is 14.4.